The molecule has 1 aromatic rings. The number of aliphatic hydroxyl groups is 2. The number of halogens is 1. The van der Waals surface area contributed by atoms with Crippen LogP contribution in [-0.2, 0) is 14.3 Å². The van der Waals surface area contributed by atoms with Gasteiger partial charge in [0.15, 0.2) is 17.2 Å². The van der Waals surface area contributed by atoms with E-state index in [1.807, 2.05) is 39.7 Å². The van der Waals surface area contributed by atoms with Crippen LogP contribution in [0.25, 0.3) is 0 Å². The molecule has 2 N–H and O–H groups in total. The molecule has 0 bridgehead atoms. The molecule has 0 spiro atoms. The smallest absolute Gasteiger partial charge is 0.254 e. The Morgan fingerprint density at radius 3 is 2.29 bits per heavy atom. The van der Waals surface area contributed by atoms with E-state index in [1.165, 1.54) is 24.1 Å². The normalized spacial score (nSPS) is 36.7. The maximum atomic E-state index is 17.3. The third-order valence-corrected chi connectivity index (χ3v) is 11.3. The van der Waals surface area contributed by atoms with Gasteiger partial charge in [0.1, 0.15) is 6.79 Å². The number of rotatable bonds is 3. The second kappa shape index (κ2) is 16.7. The fourth-order valence-electron chi connectivity index (χ4n) is 8.40. The number of carbonyl (C=O) groups excluding carboxylic acids is 3. The van der Waals surface area contributed by atoms with Crippen molar-refractivity contribution in [2.24, 2.45) is 40.4 Å². The molecule has 0 radical (unpaired) electrons. The van der Waals surface area contributed by atoms with Crippen LogP contribution in [0.3, 0.4) is 0 Å². The first-order chi connectivity index (χ1) is 21.5. The molecular formula is C36H51FO7S. The minimum absolute atomic E-state index is 0.0802. The molecule has 0 saturated heterocycles. The lowest BCUT2D eigenvalue weighted by Gasteiger charge is -2.63. The molecular weight excluding hydrogens is 595 g/mol. The van der Waals surface area contributed by atoms with Crippen molar-refractivity contribution in [1.82, 2.24) is 0 Å². The van der Waals surface area contributed by atoms with Crippen molar-refractivity contribution < 1.29 is 38.1 Å². The van der Waals surface area contributed by atoms with Crippen LogP contribution in [0.4, 0.5) is 4.39 Å². The zero-order valence-corrected chi connectivity index (χ0v) is 28.5. The molecule has 0 amide bonds. The number of hydrogen-bond acceptors (Lipinski definition) is 8. The highest BCUT2D eigenvalue weighted by Gasteiger charge is 2.71. The number of alkyl halides is 1. The van der Waals surface area contributed by atoms with E-state index < -0.39 is 17.2 Å². The van der Waals surface area contributed by atoms with E-state index in [0.717, 1.165) is 25.5 Å². The Kier molecular flexibility index (Phi) is 14.3. The quantitative estimate of drug-likeness (QED) is 0.347. The highest BCUT2D eigenvalue weighted by atomic mass is 32.2. The molecule has 0 aromatic carbocycles. The van der Waals surface area contributed by atoms with Crippen molar-refractivity contribution in [3.05, 3.63) is 72.6 Å². The Hall–Kier alpha value is -2.75. The van der Waals surface area contributed by atoms with Crippen LogP contribution in [0.1, 0.15) is 77.8 Å². The molecule has 9 atom stereocenters. The van der Waals surface area contributed by atoms with E-state index in [1.54, 1.807) is 36.8 Å². The first-order valence-corrected chi connectivity index (χ1v) is 16.7. The fraction of sp³-hybridized carbons (Fsp3) is 0.583. The number of aliphatic hydroxyl groups excluding tert-OH is 2. The summed E-state index contributed by atoms with van der Waals surface area (Å²) in [6, 6.07) is 3.39. The van der Waals surface area contributed by atoms with Crippen molar-refractivity contribution in [3.63, 3.8) is 0 Å². The van der Waals surface area contributed by atoms with Gasteiger partial charge in [-0.15, -0.1) is 0 Å². The molecule has 250 valence electrons. The predicted octanol–water partition coefficient (Wildman–Crippen LogP) is 7.52. The van der Waals surface area contributed by atoms with Crippen molar-refractivity contribution >= 4 is 29.4 Å². The van der Waals surface area contributed by atoms with E-state index in [2.05, 4.69) is 20.8 Å². The molecule has 1 aromatic heterocycles. The third-order valence-electron chi connectivity index (χ3n) is 10.3. The Morgan fingerprint density at radius 1 is 1.11 bits per heavy atom. The van der Waals surface area contributed by atoms with Gasteiger partial charge < -0.3 is 24.2 Å². The summed E-state index contributed by atoms with van der Waals surface area (Å²) >= 11 is 1.27. The number of fused-ring (bicyclic) bond motifs is 5. The molecule has 1 aliphatic heterocycles. The standard InChI is InChI=1S/C27H33FO4S.C5H6O.C2H6.CH4O.CH2O/c1-15-11-20-19-10-16(2)21(14-33-24(31)22-6-5-9-32-22)25(19,3)13-23(30)27(20,28)26(4)8-7-17(29)12-18(15)26;1-2-4-6-5-3-1;3*1-2/h5-9,12,15-16,19-21,23,30H,10-11,13-14H2,1-4H3;2-5H,1H2;1-2H3;2H,1H3;1H2/t15-,16+,19?,20?,21?,23?,25?,26?,27-;;;;/m0..../s1. The Labute approximate surface area is 272 Å². The van der Waals surface area contributed by atoms with E-state index in [4.69, 9.17) is 19.1 Å². The van der Waals surface area contributed by atoms with Crippen LogP contribution in [0.2, 0.25) is 0 Å². The lowest BCUT2D eigenvalue weighted by Crippen LogP contribution is -2.67. The highest BCUT2D eigenvalue weighted by Crippen LogP contribution is 2.70. The van der Waals surface area contributed by atoms with Gasteiger partial charge in [-0.25, -0.2) is 4.39 Å². The number of carbonyl (C=O) groups is 3. The number of ether oxygens (including phenoxy) is 1. The molecule has 5 aliphatic rings. The zero-order chi connectivity index (χ0) is 34.0. The number of ketones is 1. The number of thioether (sulfide) groups is 1. The first-order valence-electron chi connectivity index (χ1n) is 15.7. The second-order valence-electron chi connectivity index (χ2n) is 12.4. The van der Waals surface area contributed by atoms with Gasteiger partial charge in [0.05, 0.1) is 24.9 Å². The second-order valence-corrected chi connectivity index (χ2v) is 13.4. The number of allylic oxidation sites excluding steroid dienone is 6. The topological polar surface area (TPSA) is 114 Å². The van der Waals surface area contributed by atoms with Gasteiger partial charge in [0.2, 0.25) is 0 Å². The van der Waals surface area contributed by atoms with Gasteiger partial charge in [-0.05, 0) is 98.1 Å². The lowest BCUT2D eigenvalue weighted by molar-refractivity contribution is -0.199. The monoisotopic (exact) mass is 646 g/mol. The minimum Gasteiger partial charge on any atom is -0.473 e. The Balaban J connectivity index is 0.000000507. The molecule has 7 nitrogen and oxygen atoms in total. The summed E-state index contributed by atoms with van der Waals surface area (Å²) in [5.74, 6) is 1.33. The van der Waals surface area contributed by atoms with Crippen LogP contribution >= 0.6 is 11.8 Å². The third kappa shape index (κ3) is 7.31. The molecule has 45 heavy (non-hydrogen) atoms. The highest BCUT2D eigenvalue weighted by molar-refractivity contribution is 8.14. The Bertz CT molecular complexity index is 1220. The fourth-order valence-corrected chi connectivity index (χ4v) is 9.70. The zero-order valence-electron chi connectivity index (χ0n) is 27.7. The van der Waals surface area contributed by atoms with Crippen LogP contribution in [0.5, 0.6) is 0 Å². The van der Waals surface area contributed by atoms with Crippen LogP contribution in [-0.4, -0.2) is 52.5 Å². The molecule has 4 aliphatic carbocycles. The summed E-state index contributed by atoms with van der Waals surface area (Å²) < 4.78 is 27.2. The lowest BCUT2D eigenvalue weighted by atomic mass is 9.44. The van der Waals surface area contributed by atoms with Crippen LogP contribution < -0.4 is 0 Å². The van der Waals surface area contributed by atoms with Crippen molar-refractivity contribution in [1.29, 1.82) is 0 Å². The first kappa shape index (κ1) is 38.4. The van der Waals surface area contributed by atoms with Crippen molar-refractivity contribution in [2.75, 3.05) is 12.9 Å². The van der Waals surface area contributed by atoms with Gasteiger partial charge in [0.25, 0.3) is 5.12 Å². The van der Waals surface area contributed by atoms with E-state index in [0.29, 0.717) is 30.3 Å². The van der Waals surface area contributed by atoms with E-state index in [-0.39, 0.29) is 40.0 Å². The van der Waals surface area contributed by atoms with Crippen molar-refractivity contribution in [3.8, 4) is 0 Å². The summed E-state index contributed by atoms with van der Waals surface area (Å²) in [5.41, 5.74) is -2.21. The number of furan rings is 1. The van der Waals surface area contributed by atoms with Gasteiger partial charge in [-0.1, -0.05) is 58.0 Å². The van der Waals surface area contributed by atoms with E-state index in [9.17, 15) is 14.7 Å². The maximum Gasteiger partial charge on any atom is 0.254 e. The largest absolute Gasteiger partial charge is 0.473 e. The maximum absolute atomic E-state index is 17.3. The summed E-state index contributed by atoms with van der Waals surface area (Å²) in [4.78, 5) is 32.7. The Morgan fingerprint density at radius 2 is 1.76 bits per heavy atom. The molecule has 9 heteroatoms. The molecule has 6 unspecified atom stereocenters. The van der Waals surface area contributed by atoms with Crippen LogP contribution in [0, 0.1) is 40.4 Å². The average Bonchev–Trinajstić information content (AvgIpc) is 3.69. The van der Waals surface area contributed by atoms with Crippen molar-refractivity contribution in [2.45, 2.75) is 79.0 Å². The predicted molar refractivity (Wildman–Crippen MR) is 177 cm³/mol. The van der Waals surface area contributed by atoms with Gasteiger partial charge in [0, 0.05) is 24.2 Å². The molecule has 6 rings (SSSR count). The molecule has 2 heterocycles. The molecule has 3 saturated carbocycles. The van der Waals surface area contributed by atoms with Gasteiger partial charge in [-0.2, -0.15) is 0 Å². The van der Waals surface area contributed by atoms with Gasteiger partial charge in [-0.3, -0.25) is 9.59 Å². The SMILES string of the molecule is C1=COC=CC1.C=O.CC.CO.C[C@@H]1CC2C3C[C@H](C)C4=CC(=O)C=CC4(C)[C@@]3(F)C(O)CC2(C)C1CSC(=O)c1ccco1. The van der Waals surface area contributed by atoms with E-state index >= 15 is 4.39 Å². The minimum atomic E-state index is -1.81. The molecule has 3 fully saturated rings. The van der Waals surface area contributed by atoms with Crippen LogP contribution in [0.15, 0.2) is 71.3 Å². The summed E-state index contributed by atoms with van der Waals surface area (Å²) in [7, 11) is 1.00. The van der Waals surface area contributed by atoms with Gasteiger partial charge >= 0.3 is 0 Å². The average molecular weight is 647 g/mol. The number of hydrogen-bond donors (Lipinski definition) is 2. The summed E-state index contributed by atoms with van der Waals surface area (Å²) in [6.45, 7) is 14.4. The summed E-state index contributed by atoms with van der Waals surface area (Å²) in [6.07, 6.45) is 15.3. The summed E-state index contributed by atoms with van der Waals surface area (Å²) in [5, 5.41) is 18.4.